The Balaban J connectivity index is 1.98. The maximum Gasteiger partial charge on any atom is 0.127 e. The minimum Gasteiger partial charge on any atom is -0.493 e. The third kappa shape index (κ3) is 1.68. The maximum absolute atomic E-state index is 5.71. The summed E-state index contributed by atoms with van der Waals surface area (Å²) < 4.78 is 7.68. The molecule has 94 valence electrons. The number of rotatable bonds is 3. The molecule has 3 rings (SSSR count). The molecule has 0 saturated carbocycles. The number of nitrogens with two attached hydrogens (primary N) is 1. The van der Waals surface area contributed by atoms with Crippen molar-refractivity contribution in [2.45, 2.75) is 12.0 Å². The standard InChI is InChI=1S/C13H16N4O/c1-17-7-6-15-13(17)12(16-14)10-8-18-11-5-3-2-4-9(10)11/h2-7,10,12,16H,8,14H2,1H3. The Morgan fingerprint density at radius 1 is 1.50 bits per heavy atom. The quantitative estimate of drug-likeness (QED) is 0.627. The summed E-state index contributed by atoms with van der Waals surface area (Å²) in [6, 6.07) is 8.02. The van der Waals surface area contributed by atoms with Crippen molar-refractivity contribution in [1.29, 1.82) is 0 Å². The normalized spacial score (nSPS) is 19.3. The highest BCUT2D eigenvalue weighted by atomic mass is 16.5. The van der Waals surface area contributed by atoms with E-state index in [9.17, 15) is 0 Å². The number of ether oxygens (including phenoxy) is 1. The van der Waals surface area contributed by atoms with Crippen LogP contribution in [-0.4, -0.2) is 16.2 Å². The van der Waals surface area contributed by atoms with E-state index in [2.05, 4.69) is 16.5 Å². The van der Waals surface area contributed by atoms with Gasteiger partial charge in [-0.2, -0.15) is 0 Å². The van der Waals surface area contributed by atoms with E-state index in [0.29, 0.717) is 6.61 Å². The van der Waals surface area contributed by atoms with Crippen LogP contribution in [0.15, 0.2) is 36.7 Å². The Hall–Kier alpha value is -1.85. The predicted molar refractivity (Wildman–Crippen MR) is 68.0 cm³/mol. The van der Waals surface area contributed by atoms with E-state index in [1.165, 1.54) is 5.56 Å². The number of aromatic nitrogens is 2. The number of hydrogen-bond donors (Lipinski definition) is 2. The van der Waals surface area contributed by atoms with Gasteiger partial charge in [-0.15, -0.1) is 0 Å². The number of nitrogens with zero attached hydrogens (tertiary/aromatic N) is 2. The second-order valence-corrected chi connectivity index (χ2v) is 4.50. The second kappa shape index (κ2) is 4.44. The zero-order valence-corrected chi connectivity index (χ0v) is 10.2. The summed E-state index contributed by atoms with van der Waals surface area (Å²) in [6.45, 7) is 0.626. The van der Waals surface area contributed by atoms with Crippen molar-refractivity contribution in [1.82, 2.24) is 15.0 Å². The fraction of sp³-hybridized carbons (Fsp3) is 0.308. The zero-order chi connectivity index (χ0) is 12.5. The van der Waals surface area contributed by atoms with Crippen molar-refractivity contribution >= 4 is 0 Å². The number of imidazole rings is 1. The molecular weight excluding hydrogens is 228 g/mol. The SMILES string of the molecule is Cn1ccnc1C(NN)C1COc2ccccc21. The van der Waals surface area contributed by atoms with Crippen LogP contribution in [0.3, 0.4) is 0 Å². The van der Waals surface area contributed by atoms with Crippen LogP contribution in [0, 0.1) is 0 Å². The lowest BCUT2D eigenvalue weighted by atomic mass is 9.93. The summed E-state index contributed by atoms with van der Waals surface area (Å²) >= 11 is 0. The van der Waals surface area contributed by atoms with Gasteiger partial charge >= 0.3 is 0 Å². The topological polar surface area (TPSA) is 65.1 Å². The number of benzene rings is 1. The minimum absolute atomic E-state index is 0.0475. The predicted octanol–water partition coefficient (Wildman–Crippen LogP) is 1.10. The van der Waals surface area contributed by atoms with Gasteiger partial charge in [0.05, 0.1) is 12.6 Å². The van der Waals surface area contributed by atoms with Crippen molar-refractivity contribution in [3.05, 3.63) is 48.0 Å². The molecule has 18 heavy (non-hydrogen) atoms. The van der Waals surface area contributed by atoms with Gasteiger partial charge in [-0.1, -0.05) is 18.2 Å². The third-order valence-electron chi connectivity index (χ3n) is 3.46. The van der Waals surface area contributed by atoms with Gasteiger partial charge in [0, 0.05) is 30.9 Å². The van der Waals surface area contributed by atoms with E-state index < -0.39 is 0 Å². The van der Waals surface area contributed by atoms with Gasteiger partial charge in [-0.3, -0.25) is 5.84 Å². The van der Waals surface area contributed by atoms with E-state index in [1.54, 1.807) is 6.20 Å². The molecule has 1 aromatic carbocycles. The summed E-state index contributed by atoms with van der Waals surface area (Å²) in [5.74, 6) is 7.76. The van der Waals surface area contributed by atoms with Crippen LogP contribution in [-0.2, 0) is 7.05 Å². The molecule has 3 N–H and O–H groups in total. The highest BCUT2D eigenvalue weighted by Gasteiger charge is 2.33. The summed E-state index contributed by atoms with van der Waals surface area (Å²) in [5.41, 5.74) is 4.05. The van der Waals surface area contributed by atoms with Crippen LogP contribution in [0.4, 0.5) is 0 Å². The van der Waals surface area contributed by atoms with Gasteiger partial charge in [0.15, 0.2) is 0 Å². The third-order valence-corrected chi connectivity index (χ3v) is 3.46. The first-order valence-electron chi connectivity index (χ1n) is 5.96. The Morgan fingerprint density at radius 3 is 3.06 bits per heavy atom. The molecule has 2 heterocycles. The maximum atomic E-state index is 5.71. The monoisotopic (exact) mass is 244 g/mol. The van der Waals surface area contributed by atoms with Crippen LogP contribution >= 0.6 is 0 Å². The van der Waals surface area contributed by atoms with E-state index in [0.717, 1.165) is 11.6 Å². The number of hydrogen-bond acceptors (Lipinski definition) is 4. The largest absolute Gasteiger partial charge is 0.493 e. The summed E-state index contributed by atoms with van der Waals surface area (Å²) in [4.78, 5) is 4.37. The average Bonchev–Trinajstić information content (AvgIpc) is 2.99. The lowest BCUT2D eigenvalue weighted by Gasteiger charge is -2.21. The number of fused-ring (bicyclic) bond motifs is 1. The Labute approximate surface area is 106 Å². The van der Waals surface area contributed by atoms with Crippen molar-refractivity contribution < 1.29 is 4.74 Å². The summed E-state index contributed by atoms with van der Waals surface area (Å²) in [5, 5.41) is 0. The van der Waals surface area contributed by atoms with Crippen LogP contribution in [0.25, 0.3) is 0 Å². The number of nitrogens with one attached hydrogen (secondary N) is 1. The summed E-state index contributed by atoms with van der Waals surface area (Å²) in [6.07, 6.45) is 3.70. The van der Waals surface area contributed by atoms with Gasteiger partial charge in [0.1, 0.15) is 11.6 Å². The minimum atomic E-state index is -0.0475. The molecule has 0 amide bonds. The highest BCUT2D eigenvalue weighted by Crippen LogP contribution is 2.40. The van der Waals surface area contributed by atoms with Crippen molar-refractivity contribution in [2.75, 3.05) is 6.61 Å². The molecule has 0 fully saturated rings. The molecule has 5 heteroatoms. The number of hydrazine groups is 1. The summed E-state index contributed by atoms with van der Waals surface area (Å²) in [7, 11) is 1.97. The Bertz CT molecular complexity index is 551. The molecule has 2 unspecified atom stereocenters. The second-order valence-electron chi connectivity index (χ2n) is 4.50. The average molecular weight is 244 g/mol. The van der Waals surface area contributed by atoms with Gasteiger partial charge < -0.3 is 9.30 Å². The van der Waals surface area contributed by atoms with Gasteiger partial charge in [-0.05, 0) is 6.07 Å². The molecule has 0 radical (unpaired) electrons. The van der Waals surface area contributed by atoms with Crippen molar-refractivity contribution in [3.63, 3.8) is 0 Å². The Kier molecular flexibility index (Phi) is 2.77. The van der Waals surface area contributed by atoms with E-state index in [4.69, 9.17) is 10.6 Å². The molecule has 0 spiro atoms. The first-order chi connectivity index (χ1) is 8.81. The number of aryl methyl sites for hydroxylation is 1. The van der Waals surface area contributed by atoms with Crippen molar-refractivity contribution in [2.24, 2.45) is 12.9 Å². The van der Waals surface area contributed by atoms with Crippen LogP contribution in [0.5, 0.6) is 5.75 Å². The molecule has 0 saturated heterocycles. The molecule has 2 atom stereocenters. The van der Waals surface area contributed by atoms with Crippen molar-refractivity contribution in [3.8, 4) is 5.75 Å². The zero-order valence-electron chi connectivity index (χ0n) is 10.2. The lowest BCUT2D eigenvalue weighted by Crippen LogP contribution is -2.35. The molecule has 1 aromatic heterocycles. The highest BCUT2D eigenvalue weighted by molar-refractivity contribution is 5.41. The van der Waals surface area contributed by atoms with E-state index in [1.807, 2.05) is 36.0 Å². The number of para-hydroxylation sites is 1. The van der Waals surface area contributed by atoms with Gasteiger partial charge in [0.25, 0.3) is 0 Å². The molecule has 0 bridgehead atoms. The molecule has 1 aliphatic heterocycles. The molecular formula is C13H16N4O. The van der Waals surface area contributed by atoms with Gasteiger partial charge in [0.2, 0.25) is 0 Å². The molecule has 2 aromatic rings. The molecule has 5 nitrogen and oxygen atoms in total. The first-order valence-corrected chi connectivity index (χ1v) is 5.96. The fourth-order valence-corrected chi connectivity index (χ4v) is 2.51. The Morgan fingerprint density at radius 2 is 2.33 bits per heavy atom. The van der Waals surface area contributed by atoms with Crippen LogP contribution in [0.1, 0.15) is 23.3 Å². The molecule has 1 aliphatic rings. The van der Waals surface area contributed by atoms with E-state index in [-0.39, 0.29) is 12.0 Å². The fourth-order valence-electron chi connectivity index (χ4n) is 2.51. The van der Waals surface area contributed by atoms with E-state index >= 15 is 0 Å². The molecule has 0 aliphatic carbocycles. The smallest absolute Gasteiger partial charge is 0.127 e. The van der Waals surface area contributed by atoms with Crippen LogP contribution in [0.2, 0.25) is 0 Å². The first kappa shape index (κ1) is 11.3. The van der Waals surface area contributed by atoms with Gasteiger partial charge in [-0.25, -0.2) is 10.4 Å². The van der Waals surface area contributed by atoms with Crippen LogP contribution < -0.4 is 16.0 Å². The lowest BCUT2D eigenvalue weighted by molar-refractivity contribution is 0.294.